The highest BCUT2D eigenvalue weighted by molar-refractivity contribution is 9.11. The summed E-state index contributed by atoms with van der Waals surface area (Å²) in [7, 11) is 1.52. The molecule has 0 saturated heterocycles. The molecule has 0 aliphatic heterocycles. The molecule has 0 N–H and O–H groups in total. The number of hydrogen-bond donors (Lipinski definition) is 0. The number of nitro benzene ring substituents is 1. The Hall–Kier alpha value is -1.67. The first-order chi connectivity index (χ1) is 9.51. The molecular formula is C12H8Br2N2O4. The maximum atomic E-state index is 10.7. The van der Waals surface area contributed by atoms with Gasteiger partial charge in [0.05, 0.1) is 27.2 Å². The largest absolute Gasteiger partial charge is 0.481 e. The van der Waals surface area contributed by atoms with Crippen molar-refractivity contribution in [2.24, 2.45) is 0 Å². The van der Waals surface area contributed by atoms with Gasteiger partial charge >= 0.3 is 0 Å². The number of aromatic nitrogens is 1. The Labute approximate surface area is 131 Å². The highest BCUT2D eigenvalue weighted by Crippen LogP contribution is 2.39. The molecule has 0 amide bonds. The summed E-state index contributed by atoms with van der Waals surface area (Å²) >= 11 is 6.49. The summed E-state index contributed by atoms with van der Waals surface area (Å²) in [5, 5.41) is 10.7. The molecule has 1 heterocycles. The van der Waals surface area contributed by atoms with Crippen LogP contribution in [-0.4, -0.2) is 17.0 Å². The van der Waals surface area contributed by atoms with Crippen molar-refractivity contribution in [3.8, 4) is 17.4 Å². The van der Waals surface area contributed by atoms with E-state index in [9.17, 15) is 10.1 Å². The van der Waals surface area contributed by atoms with Crippen LogP contribution >= 0.6 is 31.9 Å². The second-order valence-electron chi connectivity index (χ2n) is 3.63. The number of non-ortho nitro benzene ring substituents is 1. The molecule has 0 aliphatic rings. The monoisotopic (exact) mass is 402 g/mol. The molecule has 0 radical (unpaired) electrons. The predicted molar refractivity (Wildman–Crippen MR) is 79.4 cm³/mol. The van der Waals surface area contributed by atoms with E-state index in [1.54, 1.807) is 12.1 Å². The molecule has 0 fully saturated rings. The van der Waals surface area contributed by atoms with Crippen LogP contribution in [0.1, 0.15) is 0 Å². The summed E-state index contributed by atoms with van der Waals surface area (Å²) in [5.41, 5.74) is -0.0380. The maximum Gasteiger partial charge on any atom is 0.271 e. The third kappa shape index (κ3) is 3.26. The van der Waals surface area contributed by atoms with Gasteiger partial charge in [-0.3, -0.25) is 10.1 Å². The van der Waals surface area contributed by atoms with Crippen molar-refractivity contribution in [3.63, 3.8) is 0 Å². The summed E-state index contributed by atoms with van der Waals surface area (Å²) in [6, 6.07) is 6.09. The van der Waals surface area contributed by atoms with Crippen LogP contribution in [0.25, 0.3) is 0 Å². The summed E-state index contributed by atoms with van der Waals surface area (Å²) in [6.45, 7) is 0. The van der Waals surface area contributed by atoms with Crippen molar-refractivity contribution < 1.29 is 14.4 Å². The number of halogens is 2. The molecule has 0 spiro atoms. The van der Waals surface area contributed by atoms with Crippen molar-refractivity contribution in [2.45, 2.75) is 0 Å². The van der Waals surface area contributed by atoms with E-state index in [4.69, 9.17) is 9.47 Å². The van der Waals surface area contributed by atoms with Gasteiger partial charge in [-0.15, -0.1) is 0 Å². The van der Waals surface area contributed by atoms with Crippen LogP contribution in [0.5, 0.6) is 17.4 Å². The second kappa shape index (κ2) is 6.19. The van der Waals surface area contributed by atoms with Gasteiger partial charge < -0.3 is 9.47 Å². The lowest BCUT2D eigenvalue weighted by Crippen LogP contribution is -1.93. The number of pyridine rings is 1. The van der Waals surface area contributed by atoms with Gasteiger partial charge in [-0.1, -0.05) is 0 Å². The highest BCUT2D eigenvalue weighted by Gasteiger charge is 2.15. The van der Waals surface area contributed by atoms with Crippen molar-refractivity contribution >= 4 is 37.5 Å². The number of benzene rings is 1. The van der Waals surface area contributed by atoms with E-state index < -0.39 is 4.92 Å². The van der Waals surface area contributed by atoms with Gasteiger partial charge in [0.2, 0.25) is 5.88 Å². The van der Waals surface area contributed by atoms with E-state index in [2.05, 4.69) is 36.8 Å². The lowest BCUT2D eigenvalue weighted by molar-refractivity contribution is -0.385. The Balaban J connectivity index is 2.30. The minimum absolute atomic E-state index is 0.0380. The van der Waals surface area contributed by atoms with E-state index in [0.29, 0.717) is 26.3 Å². The van der Waals surface area contributed by atoms with Crippen molar-refractivity contribution in [3.05, 3.63) is 49.5 Å². The van der Waals surface area contributed by atoms with Gasteiger partial charge in [0, 0.05) is 18.2 Å². The van der Waals surface area contributed by atoms with E-state index >= 15 is 0 Å². The molecule has 8 heteroatoms. The van der Waals surface area contributed by atoms with E-state index in [0.717, 1.165) is 0 Å². The summed E-state index contributed by atoms with van der Waals surface area (Å²) in [5.74, 6) is 1.39. The molecular weight excluding hydrogens is 396 g/mol. The van der Waals surface area contributed by atoms with Crippen LogP contribution in [0, 0.1) is 10.1 Å². The highest BCUT2D eigenvalue weighted by atomic mass is 79.9. The standard InChI is InChI=1S/C12H8Br2N2O4/c1-19-11-3-2-8(6-15-11)20-12-9(13)4-7(16(17)18)5-10(12)14/h2-6H,1H3. The van der Waals surface area contributed by atoms with Gasteiger partial charge in [-0.2, -0.15) is 0 Å². The van der Waals surface area contributed by atoms with E-state index in [-0.39, 0.29) is 5.69 Å². The maximum absolute atomic E-state index is 10.7. The summed E-state index contributed by atoms with van der Waals surface area (Å²) in [4.78, 5) is 14.3. The first kappa shape index (κ1) is 14.7. The predicted octanol–water partition coefficient (Wildman–Crippen LogP) is 4.32. The Morgan fingerprint density at radius 2 is 1.90 bits per heavy atom. The average molecular weight is 404 g/mol. The van der Waals surface area contributed by atoms with Gasteiger partial charge in [0.25, 0.3) is 5.69 Å². The van der Waals surface area contributed by atoms with Gasteiger partial charge in [-0.25, -0.2) is 4.98 Å². The molecule has 20 heavy (non-hydrogen) atoms. The molecule has 1 aromatic carbocycles. The summed E-state index contributed by atoms with van der Waals surface area (Å²) in [6.07, 6.45) is 1.50. The fraction of sp³-hybridized carbons (Fsp3) is 0.0833. The van der Waals surface area contributed by atoms with Crippen LogP contribution in [-0.2, 0) is 0 Å². The smallest absolute Gasteiger partial charge is 0.271 e. The van der Waals surface area contributed by atoms with Crippen LogP contribution in [0.2, 0.25) is 0 Å². The van der Waals surface area contributed by atoms with Crippen molar-refractivity contribution in [1.82, 2.24) is 4.98 Å². The molecule has 2 rings (SSSR count). The minimum atomic E-state index is -0.478. The Kier molecular flexibility index (Phi) is 4.56. The van der Waals surface area contributed by atoms with E-state index in [1.165, 1.54) is 25.4 Å². The number of methoxy groups -OCH3 is 1. The Morgan fingerprint density at radius 3 is 2.35 bits per heavy atom. The topological polar surface area (TPSA) is 74.5 Å². The Bertz CT molecular complexity index is 623. The average Bonchev–Trinajstić information content (AvgIpc) is 2.43. The normalized spacial score (nSPS) is 10.2. The van der Waals surface area contributed by atoms with Crippen LogP contribution in [0.15, 0.2) is 39.4 Å². The zero-order valence-corrected chi connectivity index (χ0v) is 13.3. The fourth-order valence-corrected chi connectivity index (χ4v) is 2.74. The molecule has 104 valence electrons. The molecule has 6 nitrogen and oxygen atoms in total. The molecule has 2 aromatic rings. The quantitative estimate of drug-likeness (QED) is 0.561. The SMILES string of the molecule is COc1ccc(Oc2c(Br)cc([N+](=O)[O-])cc2Br)cn1. The van der Waals surface area contributed by atoms with E-state index in [1.807, 2.05) is 0 Å². The molecule has 0 aliphatic carbocycles. The molecule has 1 aromatic heterocycles. The second-order valence-corrected chi connectivity index (χ2v) is 5.34. The third-order valence-electron chi connectivity index (χ3n) is 2.33. The lowest BCUT2D eigenvalue weighted by Gasteiger charge is -2.09. The lowest BCUT2D eigenvalue weighted by atomic mass is 10.3. The first-order valence-corrected chi connectivity index (χ1v) is 6.91. The summed E-state index contributed by atoms with van der Waals surface area (Å²) < 4.78 is 11.5. The van der Waals surface area contributed by atoms with Crippen LogP contribution < -0.4 is 9.47 Å². The number of hydrogen-bond acceptors (Lipinski definition) is 5. The minimum Gasteiger partial charge on any atom is -0.481 e. The zero-order valence-electron chi connectivity index (χ0n) is 10.2. The van der Waals surface area contributed by atoms with Gasteiger partial charge in [0.15, 0.2) is 5.75 Å². The fourth-order valence-electron chi connectivity index (χ4n) is 1.42. The number of nitrogens with zero attached hydrogens (tertiary/aromatic N) is 2. The van der Waals surface area contributed by atoms with Crippen LogP contribution in [0.4, 0.5) is 5.69 Å². The number of rotatable bonds is 4. The molecule has 0 unspecified atom stereocenters. The Morgan fingerprint density at radius 1 is 1.25 bits per heavy atom. The number of ether oxygens (including phenoxy) is 2. The molecule has 0 bridgehead atoms. The van der Waals surface area contributed by atoms with Crippen LogP contribution in [0.3, 0.4) is 0 Å². The van der Waals surface area contributed by atoms with Gasteiger partial charge in [-0.05, 0) is 37.9 Å². The molecule has 0 atom stereocenters. The van der Waals surface area contributed by atoms with Crippen molar-refractivity contribution in [2.75, 3.05) is 7.11 Å². The molecule has 0 saturated carbocycles. The van der Waals surface area contributed by atoms with Crippen molar-refractivity contribution in [1.29, 1.82) is 0 Å². The van der Waals surface area contributed by atoms with Gasteiger partial charge in [0.1, 0.15) is 5.75 Å². The number of nitro groups is 1. The third-order valence-corrected chi connectivity index (χ3v) is 3.51. The first-order valence-electron chi connectivity index (χ1n) is 5.32. The zero-order chi connectivity index (χ0) is 14.7.